The average molecular weight is 520 g/mol. The summed E-state index contributed by atoms with van der Waals surface area (Å²) in [5, 5.41) is 7.87. The fraction of sp³-hybridized carbons (Fsp3) is 0. The van der Waals surface area contributed by atoms with E-state index >= 15 is 4.57 Å². The Kier molecular flexibility index (Phi) is 4.76. The van der Waals surface area contributed by atoms with Gasteiger partial charge in [0.05, 0.1) is 16.6 Å². The molecule has 0 radical (unpaired) electrons. The monoisotopic (exact) mass is 519 g/mol. The van der Waals surface area contributed by atoms with Gasteiger partial charge in [-0.1, -0.05) is 78.9 Å². The van der Waals surface area contributed by atoms with Gasteiger partial charge in [0.15, 0.2) is 7.14 Å². The van der Waals surface area contributed by atoms with Crippen LogP contribution in [-0.4, -0.2) is 14.4 Å². The molecule has 1 unspecified atom stereocenters. The standard InChI is InChI=1S/C34H22N3OP/c38-39(27-10-7-19-35-22-27,25-16-15-23-8-1-2-9-24(23)20-25)26-17-18-33-31(21-26)36-34-30-13-4-3-11-28(30)29-12-5-6-14-32(29)37(33)34/h1-22H. The Morgan fingerprint density at radius 2 is 1.28 bits per heavy atom. The van der Waals surface area contributed by atoms with Crippen molar-refractivity contribution in [2.75, 3.05) is 0 Å². The lowest BCUT2D eigenvalue weighted by Gasteiger charge is -2.20. The molecule has 0 bridgehead atoms. The number of rotatable bonds is 3. The number of pyridine rings is 2. The molecule has 0 aliphatic rings. The van der Waals surface area contributed by atoms with Crippen molar-refractivity contribution in [3.05, 3.63) is 134 Å². The summed E-state index contributed by atoms with van der Waals surface area (Å²) in [7, 11) is -3.24. The van der Waals surface area contributed by atoms with Gasteiger partial charge in [0.2, 0.25) is 0 Å². The molecule has 5 aromatic carbocycles. The molecule has 0 aliphatic carbocycles. The molecule has 1 atom stereocenters. The van der Waals surface area contributed by atoms with Crippen LogP contribution in [0.4, 0.5) is 0 Å². The van der Waals surface area contributed by atoms with Crippen molar-refractivity contribution in [3.8, 4) is 0 Å². The summed E-state index contributed by atoms with van der Waals surface area (Å²) in [5.74, 6) is 0. The highest BCUT2D eigenvalue weighted by Crippen LogP contribution is 2.43. The smallest absolute Gasteiger partial charge is 0.172 e. The molecule has 4 nitrogen and oxygen atoms in total. The lowest BCUT2D eigenvalue weighted by Crippen LogP contribution is -2.25. The first kappa shape index (κ1) is 22.2. The van der Waals surface area contributed by atoms with E-state index in [1.807, 2.05) is 42.5 Å². The first-order valence-corrected chi connectivity index (χ1v) is 14.6. The van der Waals surface area contributed by atoms with Crippen molar-refractivity contribution < 1.29 is 4.57 Å². The van der Waals surface area contributed by atoms with Crippen molar-refractivity contribution in [3.63, 3.8) is 0 Å². The molecule has 0 N–H and O–H groups in total. The molecule has 0 amide bonds. The lowest BCUT2D eigenvalue weighted by molar-refractivity contribution is 0.592. The number of aromatic nitrogens is 3. The van der Waals surface area contributed by atoms with Crippen LogP contribution in [0.1, 0.15) is 0 Å². The van der Waals surface area contributed by atoms with Crippen molar-refractivity contribution >= 4 is 72.2 Å². The Bertz CT molecular complexity index is 2270. The Morgan fingerprint density at radius 1 is 0.564 bits per heavy atom. The maximum Gasteiger partial charge on any atom is 0.172 e. The van der Waals surface area contributed by atoms with Gasteiger partial charge < -0.3 is 4.57 Å². The molecule has 184 valence electrons. The van der Waals surface area contributed by atoms with Gasteiger partial charge in [-0.05, 0) is 58.6 Å². The van der Waals surface area contributed by atoms with Crippen LogP contribution in [0.2, 0.25) is 0 Å². The van der Waals surface area contributed by atoms with Crippen molar-refractivity contribution in [1.29, 1.82) is 0 Å². The number of fused-ring (bicyclic) bond motifs is 9. The first-order chi connectivity index (χ1) is 19.2. The number of hydrogen-bond donors (Lipinski definition) is 0. The highest BCUT2D eigenvalue weighted by molar-refractivity contribution is 7.85. The molecular weight excluding hydrogens is 497 g/mol. The van der Waals surface area contributed by atoms with E-state index in [0.29, 0.717) is 5.30 Å². The van der Waals surface area contributed by atoms with Gasteiger partial charge in [0.1, 0.15) is 5.65 Å². The Labute approximate surface area is 224 Å². The minimum atomic E-state index is -3.24. The normalized spacial score (nSPS) is 13.4. The van der Waals surface area contributed by atoms with E-state index in [-0.39, 0.29) is 0 Å². The van der Waals surface area contributed by atoms with Crippen molar-refractivity contribution in [2.24, 2.45) is 0 Å². The molecule has 5 heteroatoms. The molecule has 0 fully saturated rings. The highest BCUT2D eigenvalue weighted by atomic mass is 31.2. The lowest BCUT2D eigenvalue weighted by atomic mass is 10.1. The van der Waals surface area contributed by atoms with Crippen LogP contribution in [0.3, 0.4) is 0 Å². The molecule has 39 heavy (non-hydrogen) atoms. The van der Waals surface area contributed by atoms with Gasteiger partial charge in [-0.3, -0.25) is 9.38 Å². The van der Waals surface area contributed by atoms with Crippen LogP contribution in [0.5, 0.6) is 0 Å². The van der Waals surface area contributed by atoms with E-state index in [9.17, 15) is 0 Å². The zero-order valence-electron chi connectivity index (χ0n) is 20.9. The van der Waals surface area contributed by atoms with Crippen LogP contribution < -0.4 is 15.9 Å². The molecule has 0 spiro atoms. The van der Waals surface area contributed by atoms with Crippen LogP contribution in [0, 0.1) is 0 Å². The number of benzene rings is 5. The van der Waals surface area contributed by atoms with Crippen LogP contribution >= 0.6 is 7.14 Å². The van der Waals surface area contributed by atoms with Crippen LogP contribution in [0.15, 0.2) is 134 Å². The summed E-state index contributed by atoms with van der Waals surface area (Å²) in [4.78, 5) is 9.47. The largest absolute Gasteiger partial charge is 0.309 e. The first-order valence-electron chi connectivity index (χ1n) is 12.9. The Morgan fingerprint density at radius 3 is 2.13 bits per heavy atom. The summed E-state index contributed by atoms with van der Waals surface area (Å²) in [5.41, 5.74) is 3.82. The Balaban J connectivity index is 1.44. The van der Waals surface area contributed by atoms with E-state index in [4.69, 9.17) is 4.98 Å². The highest BCUT2D eigenvalue weighted by Gasteiger charge is 2.31. The van der Waals surface area contributed by atoms with E-state index in [0.717, 1.165) is 49.0 Å². The van der Waals surface area contributed by atoms with Crippen molar-refractivity contribution in [2.45, 2.75) is 0 Å². The zero-order valence-corrected chi connectivity index (χ0v) is 21.8. The fourth-order valence-corrected chi connectivity index (χ4v) is 8.47. The van der Waals surface area contributed by atoms with Gasteiger partial charge in [-0.2, -0.15) is 0 Å². The maximum absolute atomic E-state index is 15.3. The number of nitrogens with zero attached hydrogens (tertiary/aromatic N) is 3. The van der Waals surface area contributed by atoms with Crippen LogP contribution in [0.25, 0.3) is 49.1 Å². The quantitative estimate of drug-likeness (QED) is 0.187. The van der Waals surface area contributed by atoms with Gasteiger partial charge >= 0.3 is 0 Å². The molecule has 8 rings (SSSR count). The third kappa shape index (κ3) is 3.22. The number of para-hydroxylation sites is 1. The van der Waals surface area contributed by atoms with Gasteiger partial charge in [-0.25, -0.2) is 4.98 Å². The van der Waals surface area contributed by atoms with Crippen molar-refractivity contribution in [1.82, 2.24) is 14.4 Å². The molecule has 0 saturated carbocycles. The molecular formula is C34H22N3OP. The minimum absolute atomic E-state index is 0.708. The molecule has 3 heterocycles. The Hall–Kier alpha value is -4.79. The fourth-order valence-electron chi connectivity index (χ4n) is 5.86. The predicted molar refractivity (Wildman–Crippen MR) is 162 cm³/mol. The van der Waals surface area contributed by atoms with Gasteiger partial charge in [0, 0.05) is 39.1 Å². The average Bonchev–Trinajstić information content (AvgIpc) is 3.40. The number of imidazole rings is 1. The molecule has 8 aromatic rings. The summed E-state index contributed by atoms with van der Waals surface area (Å²) in [6.45, 7) is 0. The maximum atomic E-state index is 15.3. The summed E-state index contributed by atoms with van der Waals surface area (Å²) >= 11 is 0. The van der Waals surface area contributed by atoms with Gasteiger partial charge in [0.25, 0.3) is 0 Å². The molecule has 0 saturated heterocycles. The number of hydrogen-bond acceptors (Lipinski definition) is 3. The van der Waals surface area contributed by atoms with Gasteiger partial charge in [-0.15, -0.1) is 0 Å². The second-order valence-electron chi connectivity index (χ2n) is 9.86. The minimum Gasteiger partial charge on any atom is -0.309 e. The summed E-state index contributed by atoms with van der Waals surface area (Å²) in [6.07, 6.45) is 3.45. The SMILES string of the molecule is O=P(c1cccnc1)(c1ccc2ccccc2c1)c1ccc2c(c1)nc1c3ccccc3c3ccccc3n21. The van der Waals surface area contributed by atoms with E-state index in [1.165, 1.54) is 10.8 Å². The second-order valence-corrected chi connectivity index (χ2v) is 12.6. The third-order valence-corrected chi connectivity index (χ3v) is 10.7. The molecule has 3 aromatic heterocycles. The summed E-state index contributed by atoms with van der Waals surface area (Å²) in [6, 6.07) is 40.9. The van der Waals surface area contributed by atoms with E-state index in [2.05, 4.69) is 88.2 Å². The van der Waals surface area contributed by atoms with E-state index in [1.54, 1.807) is 12.4 Å². The topological polar surface area (TPSA) is 47.3 Å². The third-order valence-electron chi connectivity index (χ3n) is 7.71. The predicted octanol–water partition coefficient (Wildman–Crippen LogP) is 6.98. The molecule has 0 aliphatic heterocycles. The second kappa shape index (κ2) is 8.36. The van der Waals surface area contributed by atoms with E-state index < -0.39 is 7.14 Å². The summed E-state index contributed by atoms with van der Waals surface area (Å²) < 4.78 is 17.5. The zero-order chi connectivity index (χ0) is 26.0. The van der Waals surface area contributed by atoms with Crippen LogP contribution in [-0.2, 0) is 4.57 Å².